The van der Waals surface area contributed by atoms with Gasteiger partial charge in [-0.3, -0.25) is 4.90 Å². The van der Waals surface area contributed by atoms with Crippen LogP contribution in [-0.4, -0.2) is 44.2 Å². The third kappa shape index (κ3) is 4.80. The lowest BCUT2D eigenvalue weighted by Crippen LogP contribution is -2.47. The van der Waals surface area contributed by atoms with E-state index in [1.807, 2.05) is 19.1 Å². The van der Waals surface area contributed by atoms with Crippen LogP contribution < -0.4 is 4.90 Å². The number of hydrogen-bond donors (Lipinski definition) is 0. The Hall–Kier alpha value is -1.91. The van der Waals surface area contributed by atoms with Gasteiger partial charge in [0.2, 0.25) is 0 Å². The minimum atomic E-state index is -0.203. The lowest BCUT2D eigenvalue weighted by Gasteiger charge is -2.37. The second kappa shape index (κ2) is 8.45. The number of rotatable bonds is 6. The van der Waals surface area contributed by atoms with E-state index in [2.05, 4.69) is 41.0 Å². The maximum absolute atomic E-state index is 13.2. The standard InChI is InChI=1S/C21H27FN2O/c1-3-25-21(18-7-9-19(22)10-8-18)16-23-11-13-24(14-12-23)20-6-4-5-17(2)15-20/h4-10,15,21H,3,11-14,16H2,1-2H3. The molecule has 0 N–H and O–H groups in total. The lowest BCUT2D eigenvalue weighted by atomic mass is 10.1. The molecule has 1 unspecified atom stereocenters. The summed E-state index contributed by atoms with van der Waals surface area (Å²) in [5.74, 6) is -0.203. The number of halogens is 1. The van der Waals surface area contributed by atoms with Crippen molar-refractivity contribution in [2.75, 3.05) is 44.2 Å². The molecule has 134 valence electrons. The van der Waals surface area contributed by atoms with Gasteiger partial charge in [0.05, 0.1) is 6.10 Å². The largest absolute Gasteiger partial charge is 0.372 e. The van der Waals surface area contributed by atoms with Gasteiger partial charge in [0.1, 0.15) is 5.82 Å². The van der Waals surface area contributed by atoms with Crippen LogP contribution in [0.2, 0.25) is 0 Å². The van der Waals surface area contributed by atoms with Crippen molar-refractivity contribution < 1.29 is 9.13 Å². The Balaban J connectivity index is 1.58. The van der Waals surface area contributed by atoms with E-state index in [9.17, 15) is 4.39 Å². The number of hydrogen-bond acceptors (Lipinski definition) is 3. The van der Waals surface area contributed by atoms with Crippen molar-refractivity contribution in [1.82, 2.24) is 4.90 Å². The summed E-state index contributed by atoms with van der Waals surface area (Å²) in [7, 11) is 0. The quantitative estimate of drug-likeness (QED) is 0.788. The van der Waals surface area contributed by atoms with Gasteiger partial charge in [-0.2, -0.15) is 0 Å². The normalized spacial score (nSPS) is 16.8. The lowest BCUT2D eigenvalue weighted by molar-refractivity contribution is 0.0311. The Morgan fingerprint density at radius 2 is 1.76 bits per heavy atom. The van der Waals surface area contributed by atoms with E-state index in [1.54, 1.807) is 0 Å². The maximum atomic E-state index is 13.2. The summed E-state index contributed by atoms with van der Waals surface area (Å²) in [4.78, 5) is 4.88. The minimum Gasteiger partial charge on any atom is -0.372 e. The van der Waals surface area contributed by atoms with Crippen LogP contribution in [0.15, 0.2) is 48.5 Å². The number of ether oxygens (including phenoxy) is 1. The van der Waals surface area contributed by atoms with Crippen molar-refractivity contribution in [2.24, 2.45) is 0 Å². The van der Waals surface area contributed by atoms with Crippen LogP contribution in [-0.2, 0) is 4.74 Å². The smallest absolute Gasteiger partial charge is 0.123 e. The molecule has 0 spiro atoms. The van der Waals surface area contributed by atoms with E-state index < -0.39 is 0 Å². The molecule has 1 aliphatic rings. The number of anilines is 1. The van der Waals surface area contributed by atoms with Crippen LogP contribution in [0.25, 0.3) is 0 Å². The molecule has 0 bridgehead atoms. The molecule has 3 rings (SSSR count). The van der Waals surface area contributed by atoms with Crippen molar-refractivity contribution in [3.63, 3.8) is 0 Å². The SMILES string of the molecule is CCOC(CN1CCN(c2cccc(C)c2)CC1)c1ccc(F)cc1. The average Bonchev–Trinajstić information content (AvgIpc) is 2.63. The van der Waals surface area contributed by atoms with Gasteiger partial charge in [0, 0.05) is 45.0 Å². The van der Waals surface area contributed by atoms with Crippen LogP contribution in [0, 0.1) is 12.7 Å². The highest BCUT2D eigenvalue weighted by Crippen LogP contribution is 2.22. The van der Waals surface area contributed by atoms with E-state index in [0.717, 1.165) is 38.3 Å². The van der Waals surface area contributed by atoms with Gasteiger partial charge in [-0.25, -0.2) is 4.39 Å². The number of benzene rings is 2. The number of piperazine rings is 1. The first-order valence-electron chi connectivity index (χ1n) is 9.06. The molecule has 0 radical (unpaired) electrons. The summed E-state index contributed by atoms with van der Waals surface area (Å²) in [6.45, 7) is 9.71. The summed E-state index contributed by atoms with van der Waals surface area (Å²) >= 11 is 0. The Labute approximate surface area is 150 Å². The highest BCUT2D eigenvalue weighted by Gasteiger charge is 2.21. The molecular formula is C21H27FN2O. The first kappa shape index (κ1) is 17.9. The van der Waals surface area contributed by atoms with Crippen LogP contribution in [0.3, 0.4) is 0 Å². The van der Waals surface area contributed by atoms with Gasteiger partial charge in [-0.05, 0) is 49.2 Å². The fraction of sp³-hybridized carbons (Fsp3) is 0.429. The van der Waals surface area contributed by atoms with Gasteiger partial charge in [0.15, 0.2) is 0 Å². The minimum absolute atomic E-state index is 0.00359. The zero-order valence-corrected chi connectivity index (χ0v) is 15.1. The molecule has 0 saturated carbocycles. The van der Waals surface area contributed by atoms with Crippen LogP contribution >= 0.6 is 0 Å². The van der Waals surface area contributed by atoms with Crippen LogP contribution in [0.1, 0.15) is 24.2 Å². The van der Waals surface area contributed by atoms with Crippen LogP contribution in [0.4, 0.5) is 10.1 Å². The molecule has 1 aliphatic heterocycles. The summed E-state index contributed by atoms with van der Waals surface area (Å²) < 4.78 is 19.1. The Morgan fingerprint density at radius 3 is 2.40 bits per heavy atom. The molecule has 4 heteroatoms. The fourth-order valence-electron chi connectivity index (χ4n) is 3.38. The van der Waals surface area contributed by atoms with Crippen molar-refractivity contribution in [3.8, 4) is 0 Å². The molecule has 3 nitrogen and oxygen atoms in total. The highest BCUT2D eigenvalue weighted by molar-refractivity contribution is 5.48. The van der Waals surface area contributed by atoms with E-state index in [-0.39, 0.29) is 11.9 Å². The zero-order valence-electron chi connectivity index (χ0n) is 15.1. The highest BCUT2D eigenvalue weighted by atomic mass is 19.1. The molecule has 25 heavy (non-hydrogen) atoms. The van der Waals surface area contributed by atoms with Gasteiger partial charge in [0.25, 0.3) is 0 Å². The Morgan fingerprint density at radius 1 is 1.04 bits per heavy atom. The molecule has 1 heterocycles. The predicted molar refractivity (Wildman–Crippen MR) is 101 cm³/mol. The van der Waals surface area contributed by atoms with Gasteiger partial charge >= 0.3 is 0 Å². The van der Waals surface area contributed by atoms with Crippen molar-refractivity contribution in [3.05, 3.63) is 65.5 Å². The molecular weight excluding hydrogens is 315 g/mol. The van der Waals surface area contributed by atoms with Crippen molar-refractivity contribution in [1.29, 1.82) is 0 Å². The van der Waals surface area contributed by atoms with Crippen molar-refractivity contribution >= 4 is 5.69 Å². The summed E-state index contributed by atoms with van der Waals surface area (Å²) in [5, 5.41) is 0. The monoisotopic (exact) mass is 342 g/mol. The summed E-state index contributed by atoms with van der Waals surface area (Å²) in [5.41, 5.74) is 3.65. The molecule has 1 atom stereocenters. The molecule has 1 saturated heterocycles. The molecule has 2 aromatic rings. The predicted octanol–water partition coefficient (Wildman–Crippen LogP) is 4.03. The number of nitrogens with zero attached hydrogens (tertiary/aromatic N) is 2. The van der Waals surface area contributed by atoms with Crippen LogP contribution in [0.5, 0.6) is 0 Å². The maximum Gasteiger partial charge on any atom is 0.123 e. The van der Waals surface area contributed by atoms with E-state index in [1.165, 1.54) is 23.4 Å². The molecule has 2 aromatic carbocycles. The Kier molecular flexibility index (Phi) is 6.05. The van der Waals surface area contributed by atoms with E-state index >= 15 is 0 Å². The molecule has 0 aromatic heterocycles. The topological polar surface area (TPSA) is 15.7 Å². The third-order valence-electron chi connectivity index (χ3n) is 4.77. The zero-order chi connectivity index (χ0) is 17.6. The second-order valence-electron chi connectivity index (χ2n) is 6.62. The Bertz CT molecular complexity index is 666. The second-order valence-corrected chi connectivity index (χ2v) is 6.62. The van der Waals surface area contributed by atoms with Crippen molar-refractivity contribution in [2.45, 2.75) is 20.0 Å². The fourth-order valence-corrected chi connectivity index (χ4v) is 3.38. The first-order chi connectivity index (χ1) is 12.2. The molecule has 0 aliphatic carbocycles. The molecule has 0 amide bonds. The summed E-state index contributed by atoms with van der Waals surface area (Å²) in [6.07, 6.45) is -0.00359. The summed E-state index contributed by atoms with van der Waals surface area (Å²) in [6, 6.07) is 15.4. The first-order valence-corrected chi connectivity index (χ1v) is 9.06. The van der Waals surface area contributed by atoms with E-state index in [4.69, 9.17) is 4.74 Å². The van der Waals surface area contributed by atoms with Gasteiger partial charge in [-0.1, -0.05) is 24.3 Å². The van der Waals surface area contributed by atoms with E-state index in [0.29, 0.717) is 6.61 Å². The molecule has 1 fully saturated rings. The third-order valence-corrected chi connectivity index (χ3v) is 4.77. The number of aryl methyl sites for hydroxylation is 1. The average molecular weight is 342 g/mol. The van der Waals surface area contributed by atoms with Gasteiger partial charge < -0.3 is 9.64 Å². The van der Waals surface area contributed by atoms with Gasteiger partial charge in [-0.15, -0.1) is 0 Å².